The summed E-state index contributed by atoms with van der Waals surface area (Å²) in [4.78, 5) is 30.0. The number of thiazole rings is 1. The third-order valence-electron chi connectivity index (χ3n) is 7.38. The Kier molecular flexibility index (Phi) is 9.18. The quantitative estimate of drug-likeness (QED) is 0.424. The third-order valence-corrected chi connectivity index (χ3v) is 8.20. The Morgan fingerprint density at radius 2 is 1.66 bits per heavy atom. The first-order valence-electron chi connectivity index (χ1n) is 13.3. The SMILES string of the molecule is CC(C)c1ccc(OCc2nc(C(=O)NC3CCCCC3NC(=O)CCC3CCCC3)cs2)cc1. The molecule has 2 N–H and O–H groups in total. The molecule has 7 heteroatoms. The Bertz CT molecular complexity index is 966. The molecule has 2 aliphatic carbocycles. The summed E-state index contributed by atoms with van der Waals surface area (Å²) in [6.07, 6.45) is 10.6. The van der Waals surface area contributed by atoms with E-state index in [0.29, 0.717) is 30.6 Å². The van der Waals surface area contributed by atoms with E-state index in [1.54, 1.807) is 5.38 Å². The number of rotatable bonds is 10. The average Bonchev–Trinajstić information content (AvgIpc) is 3.55. The Balaban J connectivity index is 1.25. The van der Waals surface area contributed by atoms with Crippen LogP contribution in [0.2, 0.25) is 0 Å². The van der Waals surface area contributed by atoms with Crippen LogP contribution in [0.4, 0.5) is 0 Å². The highest BCUT2D eigenvalue weighted by Gasteiger charge is 2.29. The van der Waals surface area contributed by atoms with E-state index in [1.165, 1.54) is 42.6 Å². The van der Waals surface area contributed by atoms with Crippen LogP contribution in [0.1, 0.15) is 105 Å². The molecule has 0 aliphatic heterocycles. The van der Waals surface area contributed by atoms with Gasteiger partial charge in [-0.15, -0.1) is 11.3 Å². The molecule has 6 nitrogen and oxygen atoms in total. The number of amides is 2. The molecular weight excluding hydrogens is 458 g/mol. The summed E-state index contributed by atoms with van der Waals surface area (Å²) in [7, 11) is 0. The monoisotopic (exact) mass is 497 g/mol. The van der Waals surface area contributed by atoms with Gasteiger partial charge in [0.1, 0.15) is 23.1 Å². The summed E-state index contributed by atoms with van der Waals surface area (Å²) >= 11 is 1.43. The smallest absolute Gasteiger partial charge is 0.271 e. The lowest BCUT2D eigenvalue weighted by Crippen LogP contribution is -2.53. The van der Waals surface area contributed by atoms with E-state index in [1.807, 2.05) is 12.1 Å². The van der Waals surface area contributed by atoms with E-state index in [-0.39, 0.29) is 23.9 Å². The summed E-state index contributed by atoms with van der Waals surface area (Å²) < 4.78 is 5.86. The standard InChI is InChI=1S/C28H39N3O3S/c1-19(2)21-12-14-22(15-13-21)34-17-27-30-25(18-35-27)28(33)31-24-10-6-5-9-23(24)29-26(32)16-11-20-7-3-4-8-20/h12-15,18-20,23-24H,3-11,16-17H2,1-2H3,(H,29,32)(H,31,33). The Hall–Kier alpha value is -2.41. The van der Waals surface area contributed by atoms with E-state index in [9.17, 15) is 9.59 Å². The van der Waals surface area contributed by atoms with E-state index in [2.05, 4.69) is 41.6 Å². The zero-order valence-electron chi connectivity index (χ0n) is 21.1. The molecule has 4 rings (SSSR count). The largest absolute Gasteiger partial charge is 0.486 e. The molecular formula is C28H39N3O3S. The van der Waals surface area contributed by atoms with Crippen molar-refractivity contribution >= 4 is 23.2 Å². The number of nitrogens with zero attached hydrogens (tertiary/aromatic N) is 1. The molecule has 2 amide bonds. The van der Waals surface area contributed by atoms with Crippen LogP contribution in [0.25, 0.3) is 0 Å². The first kappa shape index (κ1) is 25.7. The molecule has 0 spiro atoms. The zero-order valence-corrected chi connectivity index (χ0v) is 21.9. The van der Waals surface area contributed by atoms with Crippen molar-refractivity contribution in [2.24, 2.45) is 5.92 Å². The minimum absolute atomic E-state index is 0.000900. The molecule has 2 aromatic rings. The van der Waals surface area contributed by atoms with Crippen molar-refractivity contribution in [1.29, 1.82) is 0 Å². The molecule has 1 aromatic heterocycles. The van der Waals surface area contributed by atoms with Crippen LogP contribution in [-0.4, -0.2) is 28.9 Å². The molecule has 0 saturated heterocycles. The molecule has 1 aromatic carbocycles. The number of carbonyl (C=O) groups is 2. The molecule has 0 bridgehead atoms. The molecule has 0 radical (unpaired) electrons. The number of benzene rings is 1. The fraction of sp³-hybridized carbons (Fsp3) is 0.607. The van der Waals surface area contributed by atoms with Gasteiger partial charge in [-0.2, -0.15) is 0 Å². The summed E-state index contributed by atoms with van der Waals surface area (Å²) in [5.41, 5.74) is 1.69. The highest BCUT2D eigenvalue weighted by atomic mass is 32.1. The maximum absolute atomic E-state index is 12.9. The van der Waals surface area contributed by atoms with E-state index >= 15 is 0 Å². The molecule has 35 heavy (non-hydrogen) atoms. The van der Waals surface area contributed by atoms with Crippen LogP contribution >= 0.6 is 11.3 Å². The molecule has 190 valence electrons. The summed E-state index contributed by atoms with van der Waals surface area (Å²) in [5, 5.41) is 8.91. The molecule has 1 heterocycles. The van der Waals surface area contributed by atoms with Gasteiger partial charge >= 0.3 is 0 Å². The predicted molar refractivity (Wildman–Crippen MR) is 140 cm³/mol. The van der Waals surface area contributed by atoms with E-state index in [0.717, 1.165) is 42.9 Å². The van der Waals surface area contributed by atoms with Gasteiger partial charge in [-0.3, -0.25) is 9.59 Å². The summed E-state index contributed by atoms with van der Waals surface area (Å²) in [6.45, 7) is 4.67. The summed E-state index contributed by atoms with van der Waals surface area (Å²) in [6, 6.07) is 8.06. The van der Waals surface area contributed by atoms with Gasteiger partial charge < -0.3 is 15.4 Å². The van der Waals surface area contributed by atoms with Crippen molar-refractivity contribution in [2.75, 3.05) is 0 Å². The molecule has 2 unspecified atom stereocenters. The molecule has 2 aliphatic rings. The van der Waals surface area contributed by atoms with Gasteiger partial charge in [-0.05, 0) is 48.8 Å². The minimum atomic E-state index is -0.175. The summed E-state index contributed by atoms with van der Waals surface area (Å²) in [5.74, 6) is 1.94. The van der Waals surface area contributed by atoms with Crippen LogP contribution in [-0.2, 0) is 11.4 Å². The second-order valence-electron chi connectivity index (χ2n) is 10.4. The van der Waals surface area contributed by atoms with Gasteiger partial charge in [0.15, 0.2) is 0 Å². The highest BCUT2D eigenvalue weighted by molar-refractivity contribution is 7.09. The lowest BCUT2D eigenvalue weighted by Gasteiger charge is -2.32. The topological polar surface area (TPSA) is 80.3 Å². The van der Waals surface area contributed by atoms with Crippen molar-refractivity contribution in [3.63, 3.8) is 0 Å². The number of hydrogen-bond donors (Lipinski definition) is 2. The number of carbonyl (C=O) groups excluding carboxylic acids is 2. The van der Waals surface area contributed by atoms with Gasteiger partial charge in [0, 0.05) is 23.9 Å². The van der Waals surface area contributed by atoms with Crippen molar-refractivity contribution in [3.05, 3.63) is 45.9 Å². The van der Waals surface area contributed by atoms with Crippen molar-refractivity contribution in [3.8, 4) is 5.75 Å². The van der Waals surface area contributed by atoms with E-state index in [4.69, 9.17) is 4.74 Å². The normalized spacial score (nSPS) is 20.7. The lowest BCUT2D eigenvalue weighted by molar-refractivity contribution is -0.122. The van der Waals surface area contributed by atoms with Gasteiger partial charge in [0.2, 0.25) is 5.91 Å². The maximum atomic E-state index is 12.9. The molecule has 2 saturated carbocycles. The molecule has 2 fully saturated rings. The Morgan fingerprint density at radius 3 is 2.34 bits per heavy atom. The first-order chi connectivity index (χ1) is 17.0. The average molecular weight is 498 g/mol. The fourth-order valence-electron chi connectivity index (χ4n) is 5.21. The number of ether oxygens (including phenoxy) is 1. The van der Waals surface area contributed by atoms with Crippen LogP contribution in [0.5, 0.6) is 5.75 Å². The number of nitrogens with one attached hydrogen (secondary N) is 2. The van der Waals surface area contributed by atoms with Gasteiger partial charge in [-0.25, -0.2) is 4.98 Å². The van der Waals surface area contributed by atoms with Gasteiger partial charge in [-0.1, -0.05) is 64.5 Å². The number of aromatic nitrogens is 1. The van der Waals surface area contributed by atoms with Gasteiger partial charge in [0.05, 0.1) is 0 Å². The lowest BCUT2D eigenvalue weighted by atomic mass is 9.90. The maximum Gasteiger partial charge on any atom is 0.271 e. The first-order valence-corrected chi connectivity index (χ1v) is 14.1. The highest BCUT2D eigenvalue weighted by Crippen LogP contribution is 2.28. The van der Waals surface area contributed by atoms with Crippen LogP contribution in [0.15, 0.2) is 29.6 Å². The van der Waals surface area contributed by atoms with Crippen LogP contribution in [0.3, 0.4) is 0 Å². The van der Waals surface area contributed by atoms with Crippen LogP contribution < -0.4 is 15.4 Å². The zero-order chi connectivity index (χ0) is 24.6. The predicted octanol–water partition coefficient (Wildman–Crippen LogP) is 5.97. The van der Waals surface area contributed by atoms with Crippen molar-refractivity contribution in [2.45, 2.75) is 103 Å². The second-order valence-corrected chi connectivity index (χ2v) is 11.3. The van der Waals surface area contributed by atoms with Gasteiger partial charge in [0.25, 0.3) is 5.91 Å². The minimum Gasteiger partial charge on any atom is -0.486 e. The second kappa shape index (κ2) is 12.5. The van der Waals surface area contributed by atoms with E-state index < -0.39 is 0 Å². The van der Waals surface area contributed by atoms with Crippen molar-refractivity contribution < 1.29 is 14.3 Å². The third kappa shape index (κ3) is 7.53. The van der Waals surface area contributed by atoms with Crippen molar-refractivity contribution in [1.82, 2.24) is 15.6 Å². The Labute approximate surface area is 213 Å². The molecule has 2 atom stereocenters. The fourth-order valence-corrected chi connectivity index (χ4v) is 5.89. The Morgan fingerprint density at radius 1 is 1.00 bits per heavy atom. The van der Waals surface area contributed by atoms with Crippen LogP contribution in [0, 0.1) is 5.92 Å². The number of hydrogen-bond acceptors (Lipinski definition) is 5.